The molecule has 5 heteroatoms. The van der Waals surface area contributed by atoms with Crippen LogP contribution in [0.5, 0.6) is 0 Å². The molecule has 1 saturated heterocycles. The summed E-state index contributed by atoms with van der Waals surface area (Å²) in [6.45, 7) is 5.25. The van der Waals surface area contributed by atoms with Gasteiger partial charge in [0.05, 0.1) is 0 Å². The second-order valence-electron chi connectivity index (χ2n) is 6.35. The molecule has 0 aromatic carbocycles. The second kappa shape index (κ2) is 5.62. The van der Waals surface area contributed by atoms with Gasteiger partial charge >= 0.3 is 12.0 Å². The van der Waals surface area contributed by atoms with Gasteiger partial charge in [-0.25, -0.2) is 9.59 Å². The maximum Gasteiger partial charge on any atom is 0.329 e. The van der Waals surface area contributed by atoms with Gasteiger partial charge in [0.25, 0.3) is 0 Å². The topological polar surface area (TPSA) is 69.6 Å². The summed E-state index contributed by atoms with van der Waals surface area (Å²) in [6, 6.07) is -0.200. The number of nitrogens with one attached hydrogen (secondary N) is 1. The van der Waals surface area contributed by atoms with Crippen LogP contribution in [0, 0.1) is 5.41 Å². The summed E-state index contributed by atoms with van der Waals surface area (Å²) in [5.41, 5.74) is -0.701. The predicted molar refractivity (Wildman–Crippen MR) is 76.6 cm³/mol. The first-order chi connectivity index (χ1) is 9.49. The van der Waals surface area contributed by atoms with Crippen LogP contribution in [0.4, 0.5) is 4.79 Å². The number of carboxylic acids is 1. The maximum absolute atomic E-state index is 12.4. The first-order valence-corrected chi connectivity index (χ1v) is 7.78. The third-order valence-electron chi connectivity index (χ3n) is 5.07. The molecule has 1 atom stereocenters. The van der Waals surface area contributed by atoms with E-state index >= 15 is 0 Å². The number of rotatable bonds is 6. The zero-order chi connectivity index (χ0) is 14.8. The molecule has 5 nitrogen and oxygen atoms in total. The molecule has 0 spiro atoms. The molecule has 0 bridgehead atoms. The molecule has 0 radical (unpaired) electrons. The van der Waals surface area contributed by atoms with E-state index in [0.29, 0.717) is 31.3 Å². The Morgan fingerprint density at radius 3 is 2.45 bits per heavy atom. The SMILES string of the molecule is CCCC1(CNC(=O)N2CCCC2(CC)C(=O)O)CC1. The standard InChI is InChI=1S/C15H26N2O3/c1-3-6-14(8-9-14)11-16-13(20)17-10-5-7-15(17,4-2)12(18)19/h3-11H2,1-2H3,(H,16,20)(H,18,19). The minimum Gasteiger partial charge on any atom is -0.479 e. The Balaban J connectivity index is 1.96. The summed E-state index contributed by atoms with van der Waals surface area (Å²) in [6.07, 6.45) is 6.44. The Bertz CT molecular complexity index is 393. The predicted octanol–water partition coefficient (Wildman–Crippen LogP) is 2.61. The van der Waals surface area contributed by atoms with Crippen molar-refractivity contribution in [2.45, 2.75) is 64.3 Å². The van der Waals surface area contributed by atoms with Crippen LogP contribution in [-0.4, -0.2) is 40.6 Å². The number of nitrogens with zero attached hydrogens (tertiary/aromatic N) is 1. The van der Waals surface area contributed by atoms with Crippen molar-refractivity contribution in [2.75, 3.05) is 13.1 Å². The van der Waals surface area contributed by atoms with E-state index in [9.17, 15) is 14.7 Å². The van der Waals surface area contributed by atoms with Gasteiger partial charge in [-0.05, 0) is 43.9 Å². The summed E-state index contributed by atoms with van der Waals surface area (Å²) < 4.78 is 0. The lowest BCUT2D eigenvalue weighted by Gasteiger charge is -2.34. The third-order valence-corrected chi connectivity index (χ3v) is 5.07. The highest BCUT2D eigenvalue weighted by Crippen LogP contribution is 2.49. The molecule has 1 aliphatic heterocycles. The van der Waals surface area contributed by atoms with Crippen LogP contribution >= 0.6 is 0 Å². The van der Waals surface area contributed by atoms with Gasteiger partial charge in [0, 0.05) is 13.1 Å². The fraction of sp³-hybridized carbons (Fsp3) is 0.867. The van der Waals surface area contributed by atoms with Crippen molar-refractivity contribution in [1.29, 1.82) is 0 Å². The molecular formula is C15H26N2O3. The fourth-order valence-electron chi connectivity index (χ4n) is 3.50. The molecule has 20 heavy (non-hydrogen) atoms. The van der Waals surface area contributed by atoms with Gasteiger partial charge in [0.2, 0.25) is 0 Å². The number of aliphatic carboxylic acids is 1. The van der Waals surface area contributed by atoms with Gasteiger partial charge in [-0.1, -0.05) is 20.3 Å². The van der Waals surface area contributed by atoms with E-state index in [0.717, 1.165) is 19.3 Å². The van der Waals surface area contributed by atoms with Gasteiger partial charge in [0.1, 0.15) is 5.54 Å². The van der Waals surface area contributed by atoms with Crippen LogP contribution in [0.15, 0.2) is 0 Å². The van der Waals surface area contributed by atoms with E-state index in [1.54, 1.807) is 0 Å². The molecule has 1 aliphatic carbocycles. The first-order valence-electron chi connectivity index (χ1n) is 7.78. The van der Waals surface area contributed by atoms with Crippen LogP contribution in [-0.2, 0) is 4.79 Å². The molecule has 2 fully saturated rings. The Morgan fingerprint density at radius 1 is 1.25 bits per heavy atom. The lowest BCUT2D eigenvalue weighted by molar-refractivity contribution is -0.148. The highest BCUT2D eigenvalue weighted by molar-refractivity contribution is 5.87. The summed E-state index contributed by atoms with van der Waals surface area (Å²) >= 11 is 0. The van der Waals surface area contributed by atoms with Crippen LogP contribution in [0.3, 0.4) is 0 Å². The highest BCUT2D eigenvalue weighted by atomic mass is 16.4. The zero-order valence-electron chi connectivity index (χ0n) is 12.6. The molecule has 2 N–H and O–H groups in total. The molecule has 2 rings (SSSR count). The number of urea groups is 1. The van der Waals surface area contributed by atoms with Gasteiger partial charge in [-0.15, -0.1) is 0 Å². The van der Waals surface area contributed by atoms with Crippen molar-refractivity contribution >= 4 is 12.0 Å². The monoisotopic (exact) mass is 282 g/mol. The first kappa shape index (κ1) is 15.1. The Morgan fingerprint density at radius 2 is 1.95 bits per heavy atom. The van der Waals surface area contributed by atoms with Crippen LogP contribution in [0.25, 0.3) is 0 Å². The van der Waals surface area contributed by atoms with Gasteiger partial charge in [-0.3, -0.25) is 0 Å². The smallest absolute Gasteiger partial charge is 0.329 e. The van der Waals surface area contributed by atoms with E-state index in [4.69, 9.17) is 0 Å². The largest absolute Gasteiger partial charge is 0.479 e. The molecule has 1 unspecified atom stereocenters. The normalized spacial score (nSPS) is 27.4. The lowest BCUT2D eigenvalue weighted by Crippen LogP contribution is -2.56. The lowest BCUT2D eigenvalue weighted by atomic mass is 9.93. The molecule has 1 saturated carbocycles. The Kier molecular flexibility index (Phi) is 4.25. The molecule has 0 aromatic rings. The average molecular weight is 282 g/mol. The van der Waals surface area contributed by atoms with Crippen molar-refractivity contribution in [3.8, 4) is 0 Å². The highest BCUT2D eigenvalue weighted by Gasteiger charge is 2.49. The maximum atomic E-state index is 12.4. The zero-order valence-corrected chi connectivity index (χ0v) is 12.6. The van der Waals surface area contributed by atoms with E-state index in [1.165, 1.54) is 17.7 Å². The number of hydrogen-bond acceptors (Lipinski definition) is 2. The van der Waals surface area contributed by atoms with Crippen molar-refractivity contribution in [1.82, 2.24) is 10.2 Å². The minimum absolute atomic E-state index is 0.200. The number of carbonyl (C=O) groups excluding carboxylic acids is 1. The molecule has 114 valence electrons. The quantitative estimate of drug-likeness (QED) is 0.786. The summed E-state index contributed by atoms with van der Waals surface area (Å²) in [5, 5.41) is 12.5. The fourth-order valence-corrected chi connectivity index (χ4v) is 3.50. The summed E-state index contributed by atoms with van der Waals surface area (Å²) in [7, 11) is 0. The minimum atomic E-state index is -0.994. The van der Waals surface area contributed by atoms with Crippen molar-refractivity contribution < 1.29 is 14.7 Å². The van der Waals surface area contributed by atoms with E-state index in [-0.39, 0.29) is 6.03 Å². The number of carbonyl (C=O) groups is 2. The molecular weight excluding hydrogens is 256 g/mol. The average Bonchev–Trinajstić information content (AvgIpc) is 3.04. The molecule has 2 aliphatic rings. The summed E-state index contributed by atoms with van der Waals surface area (Å²) in [5.74, 6) is -0.873. The molecule has 2 amide bonds. The summed E-state index contributed by atoms with van der Waals surface area (Å²) in [4.78, 5) is 25.5. The van der Waals surface area contributed by atoms with E-state index in [2.05, 4.69) is 12.2 Å². The van der Waals surface area contributed by atoms with Crippen LogP contribution in [0.1, 0.15) is 58.8 Å². The number of carboxylic acid groups (broad SMARTS) is 1. The van der Waals surface area contributed by atoms with Crippen molar-refractivity contribution in [3.05, 3.63) is 0 Å². The third kappa shape index (κ3) is 2.63. The number of hydrogen-bond donors (Lipinski definition) is 2. The van der Waals surface area contributed by atoms with Crippen LogP contribution < -0.4 is 5.32 Å². The number of amides is 2. The molecule has 1 heterocycles. The Hall–Kier alpha value is -1.26. The van der Waals surface area contributed by atoms with E-state index < -0.39 is 11.5 Å². The van der Waals surface area contributed by atoms with Gasteiger partial charge in [0.15, 0.2) is 0 Å². The molecule has 0 aromatic heterocycles. The van der Waals surface area contributed by atoms with Gasteiger partial charge < -0.3 is 15.3 Å². The van der Waals surface area contributed by atoms with E-state index in [1.807, 2.05) is 6.92 Å². The Labute approximate surface area is 120 Å². The van der Waals surface area contributed by atoms with Crippen molar-refractivity contribution in [2.24, 2.45) is 5.41 Å². The van der Waals surface area contributed by atoms with Crippen molar-refractivity contribution in [3.63, 3.8) is 0 Å². The number of likely N-dealkylation sites (tertiary alicyclic amines) is 1. The van der Waals surface area contributed by atoms with Gasteiger partial charge in [-0.2, -0.15) is 0 Å². The van der Waals surface area contributed by atoms with Crippen LogP contribution in [0.2, 0.25) is 0 Å². The second-order valence-corrected chi connectivity index (χ2v) is 6.35.